The molecule has 0 aliphatic rings. The molecule has 0 aliphatic carbocycles. The smallest absolute Gasteiger partial charge is 0.238 e. The van der Waals surface area contributed by atoms with E-state index < -0.39 is 0 Å². The van der Waals surface area contributed by atoms with Gasteiger partial charge in [0, 0.05) is 6.07 Å². The van der Waals surface area contributed by atoms with E-state index in [9.17, 15) is 4.79 Å². The van der Waals surface area contributed by atoms with E-state index in [1.54, 1.807) is 10.9 Å². The number of thioether (sulfide) groups is 1. The molecule has 0 unspecified atom stereocenters. The fourth-order valence-electron chi connectivity index (χ4n) is 2.73. The predicted octanol–water partition coefficient (Wildman–Crippen LogP) is 3.57. The summed E-state index contributed by atoms with van der Waals surface area (Å²) < 4.78 is 3.51. The number of aryl methyl sites for hydroxylation is 2. The molecule has 0 aliphatic heterocycles. The van der Waals surface area contributed by atoms with E-state index in [0.29, 0.717) is 11.0 Å². The van der Waals surface area contributed by atoms with Gasteiger partial charge in [-0.15, -0.1) is 5.10 Å². The van der Waals surface area contributed by atoms with Gasteiger partial charge < -0.3 is 5.32 Å². The maximum atomic E-state index is 12.7. The number of carbonyl (C=O) groups excluding carboxylic acids is 1. The number of carbonyl (C=O) groups is 1. The lowest BCUT2D eigenvalue weighted by atomic mass is 10.1. The second kappa shape index (κ2) is 8.55. The Morgan fingerprint density at radius 1 is 1.25 bits per heavy atom. The molecule has 1 aromatic carbocycles. The normalized spacial score (nSPS) is 13.3. The van der Waals surface area contributed by atoms with Gasteiger partial charge in [0.2, 0.25) is 11.1 Å². The topological polar surface area (TPSA) is 90.5 Å². The molecule has 0 saturated carbocycles. The Kier molecular flexibility index (Phi) is 6.13. The molecule has 0 saturated heterocycles. The van der Waals surface area contributed by atoms with Crippen molar-refractivity contribution < 1.29 is 4.79 Å². The number of hydrogen-bond acceptors (Lipinski definition) is 6. The van der Waals surface area contributed by atoms with Crippen molar-refractivity contribution in [3.8, 4) is 5.69 Å². The molecular weight excluding hydrogens is 374 g/mol. The second-order valence-electron chi connectivity index (χ2n) is 6.83. The van der Waals surface area contributed by atoms with Gasteiger partial charge in [-0.05, 0) is 61.7 Å². The first-order valence-corrected chi connectivity index (χ1v) is 10.2. The number of anilines is 1. The minimum absolute atomic E-state index is 0.120. The third-order valence-corrected chi connectivity index (χ3v) is 5.65. The van der Waals surface area contributed by atoms with Crippen molar-refractivity contribution in [2.75, 3.05) is 5.32 Å². The Bertz CT molecular complexity index is 965. The first-order chi connectivity index (χ1) is 13.4. The Morgan fingerprint density at radius 2 is 2.04 bits per heavy atom. The molecule has 2 heterocycles. The van der Waals surface area contributed by atoms with Crippen LogP contribution in [0.15, 0.2) is 35.6 Å². The van der Waals surface area contributed by atoms with E-state index in [1.165, 1.54) is 11.8 Å². The van der Waals surface area contributed by atoms with E-state index in [2.05, 4.69) is 39.8 Å². The molecule has 148 valence electrons. The summed E-state index contributed by atoms with van der Waals surface area (Å²) in [6.07, 6.45) is 2.63. The second-order valence-corrected chi connectivity index (χ2v) is 8.14. The highest BCUT2D eigenvalue weighted by atomic mass is 32.2. The summed E-state index contributed by atoms with van der Waals surface area (Å²) in [6, 6.07) is 8.14. The van der Waals surface area contributed by atoms with Gasteiger partial charge >= 0.3 is 0 Å². The van der Waals surface area contributed by atoms with Crippen molar-refractivity contribution in [3.05, 3.63) is 41.6 Å². The number of tetrazole rings is 1. The van der Waals surface area contributed by atoms with Gasteiger partial charge in [-0.1, -0.05) is 30.8 Å². The maximum Gasteiger partial charge on any atom is 0.238 e. The third kappa shape index (κ3) is 4.24. The van der Waals surface area contributed by atoms with Crippen molar-refractivity contribution in [1.82, 2.24) is 30.0 Å². The molecule has 1 amide bonds. The highest BCUT2D eigenvalue weighted by Crippen LogP contribution is 2.26. The van der Waals surface area contributed by atoms with E-state index >= 15 is 0 Å². The van der Waals surface area contributed by atoms with Gasteiger partial charge in [0.15, 0.2) is 0 Å². The summed E-state index contributed by atoms with van der Waals surface area (Å²) >= 11 is 1.32. The van der Waals surface area contributed by atoms with Crippen LogP contribution in [0.2, 0.25) is 0 Å². The average molecular weight is 400 g/mol. The number of amides is 1. The Labute approximate surface area is 168 Å². The summed E-state index contributed by atoms with van der Waals surface area (Å²) in [5.74, 6) is 0.575. The van der Waals surface area contributed by atoms with E-state index in [-0.39, 0.29) is 17.2 Å². The largest absolute Gasteiger partial charge is 0.310 e. The summed E-state index contributed by atoms with van der Waals surface area (Å²) in [5.41, 5.74) is 3.10. The SMILES string of the molecule is CC[C@H](C)n1nccc1NC(=O)[C@H](C)Sc1nnnn1-c1cc(C)ccc1C. The number of nitrogens with zero attached hydrogens (tertiary/aromatic N) is 6. The van der Waals surface area contributed by atoms with Crippen LogP contribution < -0.4 is 5.32 Å². The zero-order chi connectivity index (χ0) is 20.3. The summed E-state index contributed by atoms with van der Waals surface area (Å²) in [5, 5.41) is 19.5. The number of benzene rings is 1. The lowest BCUT2D eigenvalue weighted by molar-refractivity contribution is -0.115. The molecule has 2 atom stereocenters. The standard InChI is InChI=1S/C19H25N7OS/c1-6-14(4)25-17(9-10-20-25)21-18(27)15(5)28-19-22-23-24-26(19)16-11-12(2)7-8-13(16)3/h7-11,14-15H,6H2,1-5H3,(H,21,27)/t14-,15-/m0/s1. The summed E-state index contributed by atoms with van der Waals surface area (Å²) in [4.78, 5) is 12.7. The third-order valence-electron chi connectivity index (χ3n) is 4.62. The van der Waals surface area contributed by atoms with Crippen molar-refractivity contribution >= 4 is 23.5 Å². The van der Waals surface area contributed by atoms with Crippen LogP contribution in [0.3, 0.4) is 0 Å². The monoisotopic (exact) mass is 399 g/mol. The van der Waals surface area contributed by atoms with Crippen LogP contribution in [0, 0.1) is 13.8 Å². The molecule has 8 nitrogen and oxygen atoms in total. The molecule has 2 aromatic heterocycles. The molecule has 0 spiro atoms. The van der Waals surface area contributed by atoms with Crippen LogP contribution in [-0.4, -0.2) is 41.1 Å². The van der Waals surface area contributed by atoms with Gasteiger partial charge in [-0.25, -0.2) is 4.68 Å². The van der Waals surface area contributed by atoms with Crippen LogP contribution >= 0.6 is 11.8 Å². The highest BCUT2D eigenvalue weighted by molar-refractivity contribution is 8.00. The Hall–Kier alpha value is -2.68. The molecule has 3 aromatic rings. The average Bonchev–Trinajstić information content (AvgIpc) is 3.32. The molecule has 0 radical (unpaired) electrons. The van der Waals surface area contributed by atoms with Gasteiger partial charge in [0.1, 0.15) is 5.82 Å². The summed E-state index contributed by atoms with van der Waals surface area (Å²) in [6.45, 7) is 10.0. The number of hydrogen-bond donors (Lipinski definition) is 1. The van der Waals surface area contributed by atoms with Crippen LogP contribution in [0.5, 0.6) is 0 Å². The minimum atomic E-state index is -0.379. The summed E-state index contributed by atoms with van der Waals surface area (Å²) in [7, 11) is 0. The van der Waals surface area contributed by atoms with E-state index in [1.807, 2.05) is 49.7 Å². The zero-order valence-corrected chi connectivity index (χ0v) is 17.6. The number of nitrogens with one attached hydrogen (secondary N) is 1. The number of aromatic nitrogens is 6. The minimum Gasteiger partial charge on any atom is -0.310 e. The fourth-order valence-corrected chi connectivity index (χ4v) is 3.53. The Morgan fingerprint density at radius 3 is 2.79 bits per heavy atom. The van der Waals surface area contributed by atoms with Gasteiger partial charge in [-0.3, -0.25) is 4.79 Å². The molecular formula is C19H25N7OS. The first kappa shape index (κ1) is 20.1. The number of rotatable bonds is 7. The van der Waals surface area contributed by atoms with Crippen LogP contribution in [0.25, 0.3) is 5.69 Å². The fraction of sp³-hybridized carbons (Fsp3) is 0.421. The van der Waals surface area contributed by atoms with Crippen molar-refractivity contribution in [3.63, 3.8) is 0 Å². The molecule has 0 fully saturated rings. The molecule has 9 heteroatoms. The van der Waals surface area contributed by atoms with Crippen LogP contribution in [-0.2, 0) is 4.79 Å². The maximum absolute atomic E-state index is 12.7. The quantitative estimate of drug-likeness (QED) is 0.611. The zero-order valence-electron chi connectivity index (χ0n) is 16.7. The molecule has 28 heavy (non-hydrogen) atoms. The predicted molar refractivity (Wildman–Crippen MR) is 110 cm³/mol. The van der Waals surface area contributed by atoms with E-state index in [4.69, 9.17) is 0 Å². The van der Waals surface area contributed by atoms with Gasteiger partial charge in [0.25, 0.3) is 0 Å². The Balaban J connectivity index is 1.75. The molecule has 1 N–H and O–H groups in total. The molecule has 0 bridgehead atoms. The van der Waals surface area contributed by atoms with Crippen molar-refractivity contribution in [1.29, 1.82) is 0 Å². The van der Waals surface area contributed by atoms with Gasteiger partial charge in [0.05, 0.1) is 23.2 Å². The molecule has 3 rings (SSSR count). The van der Waals surface area contributed by atoms with E-state index in [0.717, 1.165) is 23.2 Å². The lowest BCUT2D eigenvalue weighted by Crippen LogP contribution is -2.25. The van der Waals surface area contributed by atoms with Crippen LogP contribution in [0.4, 0.5) is 5.82 Å². The van der Waals surface area contributed by atoms with Gasteiger partial charge in [-0.2, -0.15) is 9.78 Å². The first-order valence-electron chi connectivity index (χ1n) is 9.27. The lowest BCUT2D eigenvalue weighted by Gasteiger charge is -2.16. The van der Waals surface area contributed by atoms with Crippen molar-refractivity contribution in [2.24, 2.45) is 0 Å². The van der Waals surface area contributed by atoms with Crippen LogP contribution in [0.1, 0.15) is 44.4 Å². The highest BCUT2D eigenvalue weighted by Gasteiger charge is 2.21. The van der Waals surface area contributed by atoms with Crippen molar-refractivity contribution in [2.45, 2.75) is 57.5 Å².